The minimum absolute atomic E-state index is 0.173. The van der Waals surface area contributed by atoms with Gasteiger partial charge in [0.15, 0.2) is 0 Å². The third-order valence-corrected chi connectivity index (χ3v) is 6.54. The molecule has 0 bridgehead atoms. The highest BCUT2D eigenvalue weighted by Crippen LogP contribution is 2.26. The number of benzene rings is 3. The van der Waals surface area contributed by atoms with Crippen LogP contribution in [0.1, 0.15) is 15.9 Å². The van der Waals surface area contributed by atoms with E-state index in [1.54, 1.807) is 54.6 Å². The van der Waals surface area contributed by atoms with Gasteiger partial charge in [-0.3, -0.25) is 9.52 Å². The lowest BCUT2D eigenvalue weighted by molar-refractivity contribution is 0.102. The van der Waals surface area contributed by atoms with Crippen LogP contribution in [0.3, 0.4) is 0 Å². The van der Waals surface area contributed by atoms with Crippen LogP contribution in [-0.2, 0) is 10.0 Å². The van der Waals surface area contributed by atoms with Crippen LogP contribution in [0.25, 0.3) is 0 Å². The lowest BCUT2D eigenvalue weighted by atomic mass is 10.2. The van der Waals surface area contributed by atoms with E-state index in [4.69, 9.17) is 11.6 Å². The third-order valence-electron chi connectivity index (χ3n) is 3.91. The second-order valence-electron chi connectivity index (χ2n) is 6.08. The van der Waals surface area contributed by atoms with E-state index in [0.29, 0.717) is 22.0 Å². The Morgan fingerprint density at radius 2 is 1.54 bits per heavy atom. The fourth-order valence-corrected chi connectivity index (χ4v) is 3.88. The van der Waals surface area contributed by atoms with Crippen molar-refractivity contribution in [1.29, 1.82) is 0 Å². The average Bonchev–Trinajstić information content (AvgIpc) is 2.65. The summed E-state index contributed by atoms with van der Waals surface area (Å²) < 4.78 is 28.1. The van der Waals surface area contributed by atoms with Crippen molar-refractivity contribution >= 4 is 54.8 Å². The van der Waals surface area contributed by atoms with Gasteiger partial charge in [0.1, 0.15) is 0 Å². The van der Waals surface area contributed by atoms with E-state index < -0.39 is 10.0 Å². The van der Waals surface area contributed by atoms with Gasteiger partial charge in [-0.2, -0.15) is 0 Å². The molecule has 5 nitrogen and oxygen atoms in total. The first-order valence-electron chi connectivity index (χ1n) is 8.20. The Balaban J connectivity index is 1.71. The van der Waals surface area contributed by atoms with Crippen molar-refractivity contribution in [2.75, 3.05) is 10.0 Å². The van der Waals surface area contributed by atoms with E-state index in [-0.39, 0.29) is 10.8 Å². The molecule has 0 unspecified atom stereocenters. The van der Waals surface area contributed by atoms with E-state index in [1.165, 1.54) is 12.1 Å². The number of aryl methyl sites for hydroxylation is 1. The molecule has 144 valence electrons. The van der Waals surface area contributed by atoms with Gasteiger partial charge in [0, 0.05) is 21.4 Å². The lowest BCUT2D eigenvalue weighted by Crippen LogP contribution is -2.14. The largest absolute Gasteiger partial charge is 0.322 e. The zero-order valence-electron chi connectivity index (χ0n) is 14.7. The van der Waals surface area contributed by atoms with Gasteiger partial charge in [0.05, 0.1) is 9.92 Å². The Hall–Kier alpha value is -2.35. The molecule has 0 aliphatic rings. The summed E-state index contributed by atoms with van der Waals surface area (Å²) >= 11 is 9.31. The summed E-state index contributed by atoms with van der Waals surface area (Å²) in [5, 5.41) is 3.23. The summed E-state index contributed by atoms with van der Waals surface area (Å²) in [7, 11) is -3.69. The SMILES string of the molecule is Cc1ccc(S(=O)(=O)Nc2ccc(C(=O)Nc3ccc(Br)c(Cl)c3)cc2)cc1. The number of hydrogen-bond acceptors (Lipinski definition) is 3. The van der Waals surface area contributed by atoms with Gasteiger partial charge in [-0.25, -0.2) is 8.42 Å². The molecule has 0 atom stereocenters. The average molecular weight is 480 g/mol. The van der Waals surface area contributed by atoms with E-state index in [1.807, 2.05) is 6.92 Å². The number of amides is 1. The van der Waals surface area contributed by atoms with Crippen molar-refractivity contribution in [2.45, 2.75) is 11.8 Å². The van der Waals surface area contributed by atoms with Crippen molar-refractivity contribution in [1.82, 2.24) is 0 Å². The summed E-state index contributed by atoms with van der Waals surface area (Å²) in [5.41, 5.74) is 2.28. The second-order valence-corrected chi connectivity index (χ2v) is 9.02. The fraction of sp³-hybridized carbons (Fsp3) is 0.0500. The highest BCUT2D eigenvalue weighted by Gasteiger charge is 2.14. The molecule has 1 amide bonds. The van der Waals surface area contributed by atoms with Crippen molar-refractivity contribution in [3.63, 3.8) is 0 Å². The van der Waals surface area contributed by atoms with Crippen LogP contribution in [0.4, 0.5) is 11.4 Å². The molecule has 3 aromatic rings. The zero-order chi connectivity index (χ0) is 20.3. The Kier molecular flexibility index (Phi) is 6.07. The molecule has 0 aliphatic heterocycles. The Morgan fingerprint density at radius 3 is 2.14 bits per heavy atom. The molecule has 2 N–H and O–H groups in total. The van der Waals surface area contributed by atoms with Crippen LogP contribution in [0.5, 0.6) is 0 Å². The normalized spacial score (nSPS) is 11.1. The van der Waals surface area contributed by atoms with Crippen LogP contribution < -0.4 is 10.0 Å². The maximum atomic E-state index is 12.4. The van der Waals surface area contributed by atoms with Gasteiger partial charge in [-0.05, 0) is 77.5 Å². The highest BCUT2D eigenvalue weighted by atomic mass is 79.9. The van der Waals surface area contributed by atoms with Crippen LogP contribution >= 0.6 is 27.5 Å². The van der Waals surface area contributed by atoms with Gasteiger partial charge < -0.3 is 5.32 Å². The molecule has 0 heterocycles. The van der Waals surface area contributed by atoms with E-state index in [2.05, 4.69) is 26.0 Å². The number of anilines is 2. The lowest BCUT2D eigenvalue weighted by Gasteiger charge is -2.10. The molecule has 0 fully saturated rings. The van der Waals surface area contributed by atoms with Gasteiger partial charge in [0.25, 0.3) is 15.9 Å². The highest BCUT2D eigenvalue weighted by molar-refractivity contribution is 9.10. The smallest absolute Gasteiger partial charge is 0.261 e. The summed E-state index contributed by atoms with van der Waals surface area (Å²) in [5.74, 6) is -0.327. The number of halogens is 2. The summed E-state index contributed by atoms with van der Waals surface area (Å²) in [6.07, 6.45) is 0. The molecule has 0 saturated carbocycles. The molecule has 0 saturated heterocycles. The maximum Gasteiger partial charge on any atom is 0.261 e. The molecular formula is C20H16BrClN2O3S. The number of hydrogen-bond donors (Lipinski definition) is 2. The molecular weight excluding hydrogens is 464 g/mol. The Morgan fingerprint density at radius 1 is 0.929 bits per heavy atom. The number of sulfonamides is 1. The van der Waals surface area contributed by atoms with Crippen molar-refractivity contribution in [3.8, 4) is 0 Å². The Bertz CT molecular complexity index is 1120. The minimum Gasteiger partial charge on any atom is -0.322 e. The minimum atomic E-state index is -3.69. The van der Waals surface area contributed by atoms with Crippen LogP contribution in [0, 0.1) is 6.92 Å². The molecule has 3 aromatic carbocycles. The Labute approximate surface area is 176 Å². The van der Waals surface area contributed by atoms with Gasteiger partial charge in [-0.15, -0.1) is 0 Å². The first-order valence-corrected chi connectivity index (χ1v) is 10.9. The summed E-state index contributed by atoms with van der Waals surface area (Å²) in [6, 6.07) is 17.8. The molecule has 28 heavy (non-hydrogen) atoms. The van der Waals surface area contributed by atoms with Crippen molar-refractivity contribution < 1.29 is 13.2 Å². The molecule has 0 aromatic heterocycles. The number of carbonyl (C=O) groups excluding carboxylic acids is 1. The predicted molar refractivity (Wildman–Crippen MR) is 116 cm³/mol. The van der Waals surface area contributed by atoms with Crippen LogP contribution in [0.2, 0.25) is 5.02 Å². The van der Waals surface area contributed by atoms with Crippen LogP contribution in [0.15, 0.2) is 76.1 Å². The quantitative estimate of drug-likeness (QED) is 0.510. The van der Waals surface area contributed by atoms with E-state index in [0.717, 1.165) is 10.0 Å². The standard InChI is InChI=1S/C20H16BrClN2O3S/c1-13-2-9-17(10-3-13)28(26,27)24-15-6-4-14(5-7-15)20(25)23-16-8-11-18(21)19(22)12-16/h2-12,24H,1H3,(H,23,25). The first kappa shape index (κ1) is 20.4. The summed E-state index contributed by atoms with van der Waals surface area (Å²) in [4.78, 5) is 12.5. The van der Waals surface area contributed by atoms with Gasteiger partial charge in [-0.1, -0.05) is 29.3 Å². The third kappa shape index (κ3) is 4.92. The van der Waals surface area contributed by atoms with E-state index in [9.17, 15) is 13.2 Å². The molecule has 8 heteroatoms. The van der Waals surface area contributed by atoms with E-state index >= 15 is 0 Å². The number of rotatable bonds is 5. The van der Waals surface area contributed by atoms with Crippen molar-refractivity contribution in [3.05, 3.63) is 87.4 Å². The molecule has 0 radical (unpaired) electrons. The van der Waals surface area contributed by atoms with Gasteiger partial charge in [0.2, 0.25) is 0 Å². The van der Waals surface area contributed by atoms with Crippen molar-refractivity contribution in [2.24, 2.45) is 0 Å². The monoisotopic (exact) mass is 478 g/mol. The number of carbonyl (C=O) groups is 1. The summed E-state index contributed by atoms with van der Waals surface area (Å²) in [6.45, 7) is 1.88. The van der Waals surface area contributed by atoms with Crippen LogP contribution in [-0.4, -0.2) is 14.3 Å². The second kappa shape index (κ2) is 8.34. The predicted octanol–water partition coefficient (Wildman–Crippen LogP) is 5.46. The molecule has 3 rings (SSSR count). The number of nitrogens with one attached hydrogen (secondary N) is 2. The maximum absolute atomic E-state index is 12.4. The molecule has 0 aliphatic carbocycles. The topological polar surface area (TPSA) is 75.3 Å². The first-order chi connectivity index (χ1) is 13.2. The molecule has 0 spiro atoms. The zero-order valence-corrected chi connectivity index (χ0v) is 17.9. The fourth-order valence-electron chi connectivity index (χ4n) is 2.40. The van der Waals surface area contributed by atoms with Gasteiger partial charge >= 0.3 is 0 Å².